The van der Waals surface area contributed by atoms with Crippen LogP contribution in [0.5, 0.6) is 0 Å². The summed E-state index contributed by atoms with van der Waals surface area (Å²) >= 11 is 0. The lowest BCUT2D eigenvalue weighted by atomic mass is 10.1. The van der Waals surface area contributed by atoms with Gasteiger partial charge in [0.25, 0.3) is 0 Å². The molecule has 0 saturated heterocycles. The summed E-state index contributed by atoms with van der Waals surface area (Å²) in [6.45, 7) is 3.92. The van der Waals surface area contributed by atoms with Crippen molar-refractivity contribution in [2.75, 3.05) is 0 Å². The number of unbranched alkanes of at least 4 members (excludes halogenated alkanes) is 11. The average molecular weight is 309 g/mol. The maximum absolute atomic E-state index is 10.6. The lowest BCUT2D eigenvalue weighted by Crippen LogP contribution is -1.95. The van der Waals surface area contributed by atoms with Gasteiger partial charge in [-0.1, -0.05) is 70.1 Å². The number of hydrogen-bond donors (Lipinski definition) is 1. The SMILES string of the molecule is CCCCCCC=CCCCCCCCCC=C(C)C(=O)O. The Morgan fingerprint density at radius 3 is 1.73 bits per heavy atom. The van der Waals surface area contributed by atoms with Crippen molar-refractivity contribution in [3.63, 3.8) is 0 Å². The fourth-order valence-electron chi connectivity index (χ4n) is 2.44. The minimum Gasteiger partial charge on any atom is -0.478 e. The van der Waals surface area contributed by atoms with E-state index in [4.69, 9.17) is 5.11 Å². The maximum Gasteiger partial charge on any atom is 0.330 e. The normalized spacial score (nSPS) is 12.2. The highest BCUT2D eigenvalue weighted by Gasteiger charge is 1.97. The third kappa shape index (κ3) is 15.3. The van der Waals surface area contributed by atoms with E-state index in [2.05, 4.69) is 19.1 Å². The summed E-state index contributed by atoms with van der Waals surface area (Å²) in [4.78, 5) is 10.6. The Labute approximate surface area is 137 Å². The highest BCUT2D eigenvalue weighted by Crippen LogP contribution is 2.10. The lowest BCUT2D eigenvalue weighted by Gasteiger charge is -2.00. The van der Waals surface area contributed by atoms with Crippen molar-refractivity contribution in [2.45, 2.75) is 97.3 Å². The molecule has 2 nitrogen and oxygen atoms in total. The zero-order chi connectivity index (χ0) is 16.5. The van der Waals surface area contributed by atoms with Crippen molar-refractivity contribution < 1.29 is 9.90 Å². The van der Waals surface area contributed by atoms with Gasteiger partial charge in [0.05, 0.1) is 0 Å². The maximum atomic E-state index is 10.6. The molecule has 0 aliphatic carbocycles. The molecule has 128 valence electrons. The molecule has 1 N–H and O–H groups in total. The van der Waals surface area contributed by atoms with Crippen LogP contribution in [0.3, 0.4) is 0 Å². The Bertz CT molecular complexity index is 316. The van der Waals surface area contributed by atoms with E-state index >= 15 is 0 Å². The highest BCUT2D eigenvalue weighted by molar-refractivity contribution is 5.85. The second kappa shape index (κ2) is 16.3. The first-order chi connectivity index (χ1) is 10.7. The van der Waals surface area contributed by atoms with Crippen molar-refractivity contribution in [2.24, 2.45) is 0 Å². The molecule has 0 bridgehead atoms. The van der Waals surface area contributed by atoms with Gasteiger partial charge in [0.15, 0.2) is 0 Å². The van der Waals surface area contributed by atoms with Gasteiger partial charge in [-0.15, -0.1) is 0 Å². The van der Waals surface area contributed by atoms with Crippen LogP contribution in [0, 0.1) is 0 Å². The molecule has 0 aliphatic rings. The van der Waals surface area contributed by atoms with Crippen LogP contribution in [0.4, 0.5) is 0 Å². The molecule has 0 heterocycles. The Morgan fingerprint density at radius 1 is 0.773 bits per heavy atom. The number of carboxylic acids is 1. The third-order valence-electron chi connectivity index (χ3n) is 4.00. The molecule has 0 rings (SSSR count). The fourth-order valence-corrected chi connectivity index (χ4v) is 2.44. The molecular formula is C20H36O2. The van der Waals surface area contributed by atoms with Crippen LogP contribution in [-0.2, 0) is 4.79 Å². The first-order valence-electron chi connectivity index (χ1n) is 9.23. The van der Waals surface area contributed by atoms with Crippen molar-refractivity contribution in [1.29, 1.82) is 0 Å². The predicted octanol–water partition coefficient (Wildman–Crippen LogP) is 6.66. The van der Waals surface area contributed by atoms with Gasteiger partial charge < -0.3 is 5.11 Å². The van der Waals surface area contributed by atoms with Gasteiger partial charge in [-0.05, 0) is 45.4 Å². The molecule has 0 atom stereocenters. The van der Waals surface area contributed by atoms with E-state index in [1.165, 1.54) is 70.6 Å². The van der Waals surface area contributed by atoms with Crippen LogP contribution in [0.15, 0.2) is 23.8 Å². The zero-order valence-corrected chi connectivity index (χ0v) is 14.8. The largest absolute Gasteiger partial charge is 0.478 e. The number of carboxylic acid groups (broad SMARTS) is 1. The summed E-state index contributed by atoms with van der Waals surface area (Å²) in [5.41, 5.74) is 0.474. The Balaban J connectivity index is 3.22. The highest BCUT2D eigenvalue weighted by atomic mass is 16.4. The van der Waals surface area contributed by atoms with E-state index in [1.54, 1.807) is 6.92 Å². The van der Waals surface area contributed by atoms with Crippen LogP contribution in [0.2, 0.25) is 0 Å². The first kappa shape index (κ1) is 20.9. The van der Waals surface area contributed by atoms with Crippen molar-refractivity contribution in [1.82, 2.24) is 0 Å². The molecular weight excluding hydrogens is 272 g/mol. The van der Waals surface area contributed by atoms with Gasteiger partial charge in [0.2, 0.25) is 0 Å². The molecule has 0 spiro atoms. The van der Waals surface area contributed by atoms with Crippen LogP contribution < -0.4 is 0 Å². The molecule has 22 heavy (non-hydrogen) atoms. The van der Waals surface area contributed by atoms with Gasteiger partial charge in [-0.3, -0.25) is 0 Å². The van der Waals surface area contributed by atoms with Gasteiger partial charge in [-0.25, -0.2) is 4.79 Å². The number of hydrogen-bond acceptors (Lipinski definition) is 1. The summed E-state index contributed by atoms with van der Waals surface area (Å²) in [5, 5.41) is 8.72. The summed E-state index contributed by atoms with van der Waals surface area (Å²) < 4.78 is 0. The molecule has 0 unspecified atom stereocenters. The van der Waals surface area contributed by atoms with Crippen molar-refractivity contribution >= 4 is 5.97 Å². The molecule has 0 aromatic heterocycles. The molecule has 0 radical (unpaired) electrons. The first-order valence-corrected chi connectivity index (χ1v) is 9.23. The molecule has 0 aromatic rings. The number of rotatable bonds is 15. The monoisotopic (exact) mass is 308 g/mol. The quantitative estimate of drug-likeness (QED) is 0.208. The van der Waals surface area contributed by atoms with Crippen LogP contribution in [-0.4, -0.2) is 11.1 Å². The minimum absolute atomic E-state index is 0.474. The van der Waals surface area contributed by atoms with Crippen molar-refractivity contribution in [3.05, 3.63) is 23.8 Å². The van der Waals surface area contributed by atoms with Gasteiger partial charge in [-0.2, -0.15) is 0 Å². The summed E-state index contributed by atoms with van der Waals surface area (Å²) in [7, 11) is 0. The Hall–Kier alpha value is -1.05. The van der Waals surface area contributed by atoms with Gasteiger partial charge >= 0.3 is 5.97 Å². The molecule has 0 fully saturated rings. The van der Waals surface area contributed by atoms with E-state index < -0.39 is 5.97 Å². The van der Waals surface area contributed by atoms with Crippen LogP contribution in [0.1, 0.15) is 97.3 Å². The summed E-state index contributed by atoms with van der Waals surface area (Å²) in [6.07, 6.45) is 22.9. The number of carbonyl (C=O) groups is 1. The predicted molar refractivity (Wildman–Crippen MR) is 96.2 cm³/mol. The number of allylic oxidation sites excluding steroid dienone is 3. The number of aliphatic carboxylic acids is 1. The lowest BCUT2D eigenvalue weighted by molar-refractivity contribution is -0.132. The smallest absolute Gasteiger partial charge is 0.330 e. The second-order valence-corrected chi connectivity index (χ2v) is 6.21. The fraction of sp³-hybridized carbons (Fsp3) is 0.750. The van der Waals surface area contributed by atoms with E-state index in [0.29, 0.717) is 5.57 Å². The minimum atomic E-state index is -0.793. The van der Waals surface area contributed by atoms with E-state index in [1.807, 2.05) is 6.08 Å². The second-order valence-electron chi connectivity index (χ2n) is 6.21. The molecule has 0 aliphatic heterocycles. The van der Waals surface area contributed by atoms with Gasteiger partial charge in [0, 0.05) is 5.57 Å². The molecule has 0 aromatic carbocycles. The standard InChI is InChI=1S/C20H36O2/c1-3-4-5-6-7-8-9-10-11-12-13-14-15-16-17-18-19(2)20(21)22/h8-9,18H,3-7,10-17H2,1-2H3,(H,21,22). The van der Waals surface area contributed by atoms with Crippen molar-refractivity contribution in [3.8, 4) is 0 Å². The topological polar surface area (TPSA) is 37.3 Å². The van der Waals surface area contributed by atoms with E-state index in [9.17, 15) is 4.79 Å². The van der Waals surface area contributed by atoms with E-state index in [0.717, 1.165) is 12.8 Å². The summed E-state index contributed by atoms with van der Waals surface area (Å²) in [6, 6.07) is 0. The van der Waals surface area contributed by atoms with Crippen LogP contribution in [0.25, 0.3) is 0 Å². The zero-order valence-electron chi connectivity index (χ0n) is 14.8. The van der Waals surface area contributed by atoms with Crippen LogP contribution >= 0.6 is 0 Å². The molecule has 0 saturated carbocycles. The van der Waals surface area contributed by atoms with Gasteiger partial charge in [0.1, 0.15) is 0 Å². The molecule has 0 amide bonds. The third-order valence-corrected chi connectivity index (χ3v) is 4.00. The molecule has 2 heteroatoms. The average Bonchev–Trinajstić information content (AvgIpc) is 2.50. The summed E-state index contributed by atoms with van der Waals surface area (Å²) in [5.74, 6) is -0.793. The Kier molecular flexibility index (Phi) is 15.5. The Morgan fingerprint density at radius 2 is 1.23 bits per heavy atom. The van der Waals surface area contributed by atoms with E-state index in [-0.39, 0.29) is 0 Å².